The third-order valence-electron chi connectivity index (χ3n) is 4.75. The van der Waals surface area contributed by atoms with Crippen molar-refractivity contribution in [3.63, 3.8) is 0 Å². The van der Waals surface area contributed by atoms with E-state index in [1.54, 1.807) is 16.7 Å². The number of likely N-dealkylation sites (N-methyl/N-ethyl adjacent to an activating group) is 1. The van der Waals surface area contributed by atoms with Crippen LogP contribution in [0.15, 0.2) is 53.4 Å². The predicted molar refractivity (Wildman–Crippen MR) is 110 cm³/mol. The largest absolute Gasteiger partial charge is 0.326 e. The Balaban J connectivity index is 1.73. The molecule has 2 aromatic carbocycles. The van der Waals surface area contributed by atoms with Gasteiger partial charge in [-0.05, 0) is 37.4 Å². The number of rotatable bonds is 5. The number of quaternary nitrogens is 1. The average Bonchev–Trinajstić information content (AvgIpc) is 2.76. The summed E-state index contributed by atoms with van der Waals surface area (Å²) in [6, 6.07) is 15.8. The first-order valence-corrected chi connectivity index (χ1v) is 10.4. The first kappa shape index (κ1) is 19.5. The molecule has 0 bridgehead atoms. The number of anilines is 2. The van der Waals surface area contributed by atoms with E-state index in [1.807, 2.05) is 38.2 Å². The summed E-state index contributed by atoms with van der Waals surface area (Å²) in [6.07, 6.45) is 2.36. The number of benzene rings is 2. The van der Waals surface area contributed by atoms with Gasteiger partial charge in [0.2, 0.25) is 5.91 Å². The molecule has 2 aromatic rings. The van der Waals surface area contributed by atoms with Crippen molar-refractivity contribution in [3.8, 4) is 0 Å². The molecule has 1 aliphatic rings. The highest BCUT2D eigenvalue weighted by Crippen LogP contribution is 2.31. The molecule has 6 heteroatoms. The Morgan fingerprint density at radius 3 is 2.63 bits per heavy atom. The van der Waals surface area contributed by atoms with Crippen molar-refractivity contribution in [2.75, 3.05) is 30.1 Å². The number of carbonyl (C=O) groups is 2. The molecule has 0 fully saturated rings. The lowest BCUT2D eigenvalue weighted by Crippen LogP contribution is -3.09. The Morgan fingerprint density at radius 1 is 1.22 bits per heavy atom. The van der Waals surface area contributed by atoms with Crippen LogP contribution >= 0.6 is 11.8 Å². The number of para-hydroxylation sites is 2. The van der Waals surface area contributed by atoms with Crippen molar-refractivity contribution >= 4 is 35.0 Å². The van der Waals surface area contributed by atoms with Gasteiger partial charge < -0.3 is 15.1 Å². The molecule has 2 atom stereocenters. The van der Waals surface area contributed by atoms with E-state index in [0.717, 1.165) is 17.1 Å². The number of thioether (sulfide) groups is 1. The number of hydrogen-bond donors (Lipinski definition) is 2. The molecule has 0 saturated heterocycles. The van der Waals surface area contributed by atoms with Gasteiger partial charge in [0.25, 0.3) is 5.91 Å². The Kier molecular flexibility index (Phi) is 6.19. The van der Waals surface area contributed by atoms with Gasteiger partial charge in [0.05, 0.1) is 18.4 Å². The molecule has 2 N–H and O–H groups in total. The molecule has 3 rings (SSSR count). The van der Waals surface area contributed by atoms with E-state index in [2.05, 4.69) is 35.8 Å². The van der Waals surface area contributed by atoms with E-state index < -0.39 is 0 Å². The minimum atomic E-state index is -0.171. The van der Waals surface area contributed by atoms with Gasteiger partial charge in [0.1, 0.15) is 6.54 Å². The molecule has 0 spiro atoms. The number of amides is 2. The van der Waals surface area contributed by atoms with Crippen LogP contribution in [0, 0.1) is 0 Å². The lowest BCUT2D eigenvalue weighted by molar-refractivity contribution is -0.885. The fraction of sp³-hybridized carbons (Fsp3) is 0.333. The van der Waals surface area contributed by atoms with Crippen LogP contribution < -0.4 is 15.1 Å². The van der Waals surface area contributed by atoms with Crippen molar-refractivity contribution in [3.05, 3.63) is 54.1 Å². The normalized spacial score (nSPS) is 17.7. The van der Waals surface area contributed by atoms with E-state index in [1.165, 1.54) is 10.5 Å². The summed E-state index contributed by atoms with van der Waals surface area (Å²) in [5, 5.41) is 2.90. The second-order valence-corrected chi connectivity index (χ2v) is 7.92. The summed E-state index contributed by atoms with van der Waals surface area (Å²) in [4.78, 5) is 29.3. The van der Waals surface area contributed by atoms with E-state index in [9.17, 15) is 9.59 Å². The summed E-state index contributed by atoms with van der Waals surface area (Å²) >= 11 is 1.72. The second kappa shape index (κ2) is 8.59. The number of hydrogen-bond acceptors (Lipinski definition) is 3. The fourth-order valence-electron chi connectivity index (χ4n) is 3.47. The summed E-state index contributed by atoms with van der Waals surface area (Å²) < 4.78 is 0. The smallest absolute Gasteiger partial charge is 0.282 e. The molecule has 5 nitrogen and oxygen atoms in total. The molecule has 1 heterocycles. The lowest BCUT2D eigenvalue weighted by Gasteiger charge is -2.28. The monoisotopic (exact) mass is 384 g/mol. The van der Waals surface area contributed by atoms with Gasteiger partial charge in [-0.3, -0.25) is 9.59 Å². The van der Waals surface area contributed by atoms with Crippen LogP contribution in [0.25, 0.3) is 0 Å². The Labute approximate surface area is 164 Å². The minimum Gasteiger partial charge on any atom is -0.326 e. The van der Waals surface area contributed by atoms with E-state index in [4.69, 9.17) is 0 Å². The Bertz CT molecular complexity index is 822. The summed E-state index contributed by atoms with van der Waals surface area (Å²) in [5.41, 5.74) is 2.68. The van der Waals surface area contributed by atoms with Gasteiger partial charge in [-0.25, -0.2) is 0 Å². The summed E-state index contributed by atoms with van der Waals surface area (Å²) in [7, 11) is 2.03. The van der Waals surface area contributed by atoms with Gasteiger partial charge in [0, 0.05) is 22.9 Å². The van der Waals surface area contributed by atoms with Crippen molar-refractivity contribution in [1.29, 1.82) is 0 Å². The van der Waals surface area contributed by atoms with Gasteiger partial charge in [-0.15, -0.1) is 11.8 Å². The Morgan fingerprint density at radius 2 is 1.93 bits per heavy atom. The zero-order valence-corrected chi connectivity index (χ0v) is 16.8. The average molecular weight is 385 g/mol. The van der Waals surface area contributed by atoms with E-state index >= 15 is 0 Å². The molecule has 0 aliphatic carbocycles. The van der Waals surface area contributed by atoms with Crippen LogP contribution in [0.1, 0.15) is 18.9 Å². The molecular weight excluding hydrogens is 358 g/mol. The third-order valence-corrected chi connectivity index (χ3v) is 5.49. The van der Waals surface area contributed by atoms with E-state index in [-0.39, 0.29) is 17.9 Å². The van der Waals surface area contributed by atoms with Crippen molar-refractivity contribution in [2.24, 2.45) is 0 Å². The zero-order chi connectivity index (χ0) is 19.4. The zero-order valence-electron chi connectivity index (χ0n) is 16.0. The molecule has 1 aliphatic heterocycles. The maximum absolute atomic E-state index is 13.1. The minimum absolute atomic E-state index is 0.0321. The van der Waals surface area contributed by atoms with Crippen molar-refractivity contribution < 1.29 is 14.5 Å². The van der Waals surface area contributed by atoms with Gasteiger partial charge >= 0.3 is 0 Å². The molecule has 0 aromatic heterocycles. The molecule has 0 saturated carbocycles. The van der Waals surface area contributed by atoms with Crippen molar-refractivity contribution in [2.45, 2.75) is 30.8 Å². The van der Waals surface area contributed by atoms with Gasteiger partial charge in [-0.1, -0.05) is 24.3 Å². The van der Waals surface area contributed by atoms with Crippen LogP contribution in [0.2, 0.25) is 0 Å². The molecule has 142 valence electrons. The quantitative estimate of drug-likeness (QED) is 0.777. The molecule has 2 amide bonds. The second-order valence-electron chi connectivity index (χ2n) is 7.04. The molecule has 1 unspecified atom stereocenters. The Hall–Kier alpha value is -2.31. The number of nitrogens with one attached hydrogen (secondary N) is 2. The fourth-order valence-corrected chi connectivity index (χ4v) is 3.87. The first-order valence-electron chi connectivity index (χ1n) is 9.13. The van der Waals surface area contributed by atoms with E-state index in [0.29, 0.717) is 18.7 Å². The molecule has 0 radical (unpaired) electrons. The van der Waals surface area contributed by atoms with Crippen LogP contribution in [0.4, 0.5) is 11.4 Å². The summed E-state index contributed by atoms with van der Waals surface area (Å²) in [6.45, 7) is 3.08. The van der Waals surface area contributed by atoms with Gasteiger partial charge in [-0.2, -0.15) is 0 Å². The van der Waals surface area contributed by atoms with Crippen LogP contribution in [0.3, 0.4) is 0 Å². The topological polar surface area (TPSA) is 53.9 Å². The third kappa shape index (κ3) is 4.70. The number of carbonyl (C=O) groups excluding carboxylic acids is 2. The van der Waals surface area contributed by atoms with Crippen LogP contribution in [0.5, 0.6) is 0 Å². The van der Waals surface area contributed by atoms with Gasteiger partial charge in [0.15, 0.2) is 6.54 Å². The maximum Gasteiger partial charge on any atom is 0.282 e. The number of fused-ring (bicyclic) bond motifs is 1. The first-order chi connectivity index (χ1) is 13.0. The standard InChI is InChI=1S/C21H25N3O2S/c1-15-12-20(25)22-18-6-4-5-7-19(18)24(15)21(26)14-23(2)13-16-8-10-17(27-3)11-9-16/h4-11,15H,12-14H2,1-3H3,(H,22,25)/p+1/t15-/m1/s1. The van der Waals surface area contributed by atoms with Crippen LogP contribution in [-0.2, 0) is 16.1 Å². The van der Waals surface area contributed by atoms with Crippen molar-refractivity contribution in [1.82, 2.24) is 0 Å². The highest BCUT2D eigenvalue weighted by molar-refractivity contribution is 7.98. The summed E-state index contributed by atoms with van der Waals surface area (Å²) in [5.74, 6) is -0.0236. The molecule has 27 heavy (non-hydrogen) atoms. The highest BCUT2D eigenvalue weighted by atomic mass is 32.2. The number of nitrogens with zero attached hydrogens (tertiary/aromatic N) is 1. The highest BCUT2D eigenvalue weighted by Gasteiger charge is 2.30. The molecular formula is C21H26N3O2S+. The lowest BCUT2D eigenvalue weighted by atomic mass is 10.1. The SMILES string of the molecule is CSc1ccc(C[NH+](C)CC(=O)N2c3ccccc3NC(=O)C[C@H]2C)cc1. The maximum atomic E-state index is 13.1. The predicted octanol–water partition coefficient (Wildman–Crippen LogP) is 2.19. The van der Waals surface area contributed by atoms with Crippen LogP contribution in [-0.4, -0.2) is 37.7 Å².